The molecule has 0 bridgehead atoms. The Morgan fingerprint density at radius 3 is 0.908 bits per heavy atom. The van der Waals surface area contributed by atoms with Crippen LogP contribution in [0.2, 0.25) is 0 Å². The Labute approximate surface area is 503 Å². The Morgan fingerprint density at radius 2 is 0.552 bits per heavy atom. The minimum atomic E-state index is 0.685. The third kappa shape index (κ3) is 8.64. The molecule has 0 aliphatic heterocycles. The molecule has 4 aromatic heterocycles. The van der Waals surface area contributed by atoms with Crippen molar-refractivity contribution in [3.05, 3.63) is 314 Å². The van der Waals surface area contributed by atoms with Crippen molar-refractivity contribution in [2.75, 3.05) is 0 Å². The molecule has 17 rings (SSSR count). The maximum Gasteiger partial charge on any atom is 0.161 e. The smallest absolute Gasteiger partial charge is 0.161 e. The summed E-state index contributed by atoms with van der Waals surface area (Å²) in [6, 6.07) is 108. The molecule has 0 amide bonds. The second kappa shape index (κ2) is 20.6. The molecule has 87 heavy (non-hydrogen) atoms. The average Bonchev–Trinajstić information content (AvgIpc) is 1.78. The minimum Gasteiger partial charge on any atom is -0.309 e. The first-order chi connectivity index (χ1) is 43.1. The van der Waals surface area contributed by atoms with Crippen molar-refractivity contribution in [3.63, 3.8) is 0 Å². The minimum absolute atomic E-state index is 0.685. The molecule has 0 fully saturated rings. The largest absolute Gasteiger partial charge is 0.309 e. The predicted molar refractivity (Wildman–Crippen MR) is 358 cm³/mol. The third-order valence-electron chi connectivity index (χ3n) is 17.4. The standard InChI is InChI=1S/C81H52N6/c1-7-21-52(22-8-1)70-50-71(53-23-9-2-10-24-53)83-80(82-70)64-33-19-35-76-78(64)68-48-58(41-43-74(68)86(76)62-29-15-5-16-30-62)56-37-39-60-45-61-40-38-57(47-67(61)66(60)46-56)59-42-44-75-69(49-59)79-65(34-20-36-77(79)87(75)63-31-17-6-18-32-63)81-84-72(54-25-11-3-12-26-54)51-73(85-81)55-27-13-4-14-28-55/h1-44,46-51H,45H2. The van der Waals surface area contributed by atoms with Gasteiger partial charge in [-0.1, -0.05) is 218 Å². The topological polar surface area (TPSA) is 61.4 Å². The molecule has 0 saturated carbocycles. The number of hydrogen-bond donors (Lipinski definition) is 0. The molecule has 16 aromatic rings. The van der Waals surface area contributed by atoms with E-state index >= 15 is 0 Å². The number of rotatable bonds is 10. The molecular formula is C81H52N6. The second-order valence-corrected chi connectivity index (χ2v) is 22.5. The fourth-order valence-corrected chi connectivity index (χ4v) is 13.3. The van der Waals surface area contributed by atoms with Gasteiger partial charge < -0.3 is 9.13 Å². The van der Waals surface area contributed by atoms with Gasteiger partial charge in [0.15, 0.2) is 11.6 Å². The Bertz CT molecular complexity index is 4880. The zero-order chi connectivity index (χ0) is 57.4. The van der Waals surface area contributed by atoms with Gasteiger partial charge in [0, 0.05) is 66.3 Å². The van der Waals surface area contributed by atoms with E-state index in [1.165, 1.54) is 22.3 Å². The van der Waals surface area contributed by atoms with Crippen LogP contribution < -0.4 is 0 Å². The summed E-state index contributed by atoms with van der Waals surface area (Å²) in [6.07, 6.45) is 0.880. The van der Waals surface area contributed by atoms with E-state index < -0.39 is 0 Å². The molecule has 0 saturated heterocycles. The monoisotopic (exact) mass is 1110 g/mol. The molecule has 0 radical (unpaired) electrons. The SMILES string of the molecule is c1ccc(-c2cc(-c3ccccc3)nc(-c3cccc4c3c3cc(-c5ccc6c(c5)-c5cc(-c7ccc8c(c7)c7c(-c9nc(-c%10ccccc%10)cc(-c%10ccccc%10)n9)cccc7n8-c7ccccc7)ccc5C6)ccc3n4-c3ccccc3)n2)cc1. The molecule has 406 valence electrons. The van der Waals surface area contributed by atoms with Crippen LogP contribution in [0.4, 0.5) is 0 Å². The van der Waals surface area contributed by atoms with E-state index in [2.05, 4.69) is 288 Å². The quantitative estimate of drug-likeness (QED) is 0.137. The van der Waals surface area contributed by atoms with Gasteiger partial charge in [0.1, 0.15) is 0 Å². The Kier molecular flexibility index (Phi) is 11.8. The summed E-state index contributed by atoms with van der Waals surface area (Å²) >= 11 is 0. The van der Waals surface area contributed by atoms with Gasteiger partial charge in [-0.3, -0.25) is 0 Å². The first-order valence-corrected chi connectivity index (χ1v) is 29.6. The molecule has 4 heterocycles. The van der Waals surface area contributed by atoms with Crippen LogP contribution in [-0.4, -0.2) is 29.1 Å². The van der Waals surface area contributed by atoms with Gasteiger partial charge in [0.25, 0.3) is 0 Å². The van der Waals surface area contributed by atoms with E-state index in [9.17, 15) is 0 Å². The summed E-state index contributed by atoms with van der Waals surface area (Å²) in [4.78, 5) is 21.5. The van der Waals surface area contributed by atoms with E-state index in [4.69, 9.17) is 19.9 Å². The van der Waals surface area contributed by atoms with Crippen molar-refractivity contribution in [3.8, 4) is 113 Å². The highest BCUT2D eigenvalue weighted by atomic mass is 15.0. The lowest BCUT2D eigenvalue weighted by Gasteiger charge is -2.11. The van der Waals surface area contributed by atoms with Crippen molar-refractivity contribution in [2.45, 2.75) is 6.42 Å². The number of benzene rings is 12. The van der Waals surface area contributed by atoms with E-state index in [0.29, 0.717) is 11.6 Å². The van der Waals surface area contributed by atoms with E-state index in [1.807, 2.05) is 24.3 Å². The highest BCUT2D eigenvalue weighted by molar-refractivity contribution is 6.17. The Morgan fingerprint density at radius 1 is 0.230 bits per heavy atom. The molecule has 1 aliphatic carbocycles. The molecule has 0 atom stereocenters. The first-order valence-electron chi connectivity index (χ1n) is 29.6. The van der Waals surface area contributed by atoms with Crippen molar-refractivity contribution in [1.29, 1.82) is 0 Å². The molecule has 6 heteroatoms. The summed E-state index contributed by atoms with van der Waals surface area (Å²) in [5, 5.41) is 4.50. The molecule has 6 nitrogen and oxygen atoms in total. The van der Waals surface area contributed by atoms with Crippen LogP contribution in [-0.2, 0) is 6.42 Å². The summed E-state index contributed by atoms with van der Waals surface area (Å²) in [6.45, 7) is 0. The van der Waals surface area contributed by atoms with Crippen LogP contribution in [0.3, 0.4) is 0 Å². The van der Waals surface area contributed by atoms with Crippen molar-refractivity contribution >= 4 is 43.6 Å². The lowest BCUT2D eigenvalue weighted by Crippen LogP contribution is -1.97. The summed E-state index contributed by atoms with van der Waals surface area (Å²) < 4.78 is 4.77. The van der Waals surface area contributed by atoms with Gasteiger partial charge in [0.2, 0.25) is 0 Å². The van der Waals surface area contributed by atoms with Crippen LogP contribution in [0, 0.1) is 0 Å². The normalized spacial score (nSPS) is 11.9. The maximum atomic E-state index is 5.36. The number of aromatic nitrogens is 6. The summed E-state index contributed by atoms with van der Waals surface area (Å²) in [7, 11) is 0. The van der Waals surface area contributed by atoms with Gasteiger partial charge in [-0.25, -0.2) is 19.9 Å². The van der Waals surface area contributed by atoms with Crippen molar-refractivity contribution in [2.24, 2.45) is 0 Å². The number of fused-ring (bicyclic) bond motifs is 9. The van der Waals surface area contributed by atoms with Crippen LogP contribution in [0.1, 0.15) is 11.1 Å². The molecule has 0 N–H and O–H groups in total. The molecule has 12 aromatic carbocycles. The molecule has 0 spiro atoms. The third-order valence-corrected chi connectivity index (χ3v) is 17.4. The van der Waals surface area contributed by atoms with Crippen LogP contribution in [0.15, 0.2) is 303 Å². The fraction of sp³-hybridized carbons (Fsp3) is 0.0123. The lowest BCUT2D eigenvalue weighted by atomic mass is 9.95. The Balaban J connectivity index is 0.802. The first kappa shape index (κ1) is 50.0. The van der Waals surface area contributed by atoms with Crippen LogP contribution >= 0.6 is 0 Å². The number of hydrogen-bond acceptors (Lipinski definition) is 4. The Hall–Kier alpha value is -11.6. The zero-order valence-electron chi connectivity index (χ0n) is 47.3. The van der Waals surface area contributed by atoms with E-state index in [1.54, 1.807) is 0 Å². The predicted octanol–water partition coefficient (Wildman–Crippen LogP) is 20.4. The van der Waals surface area contributed by atoms with Crippen molar-refractivity contribution in [1.82, 2.24) is 29.1 Å². The van der Waals surface area contributed by atoms with Gasteiger partial charge in [-0.15, -0.1) is 0 Å². The fourth-order valence-electron chi connectivity index (χ4n) is 13.3. The summed E-state index contributed by atoms with van der Waals surface area (Å²) in [5.74, 6) is 1.37. The average molecular weight is 1110 g/mol. The van der Waals surface area contributed by atoms with Gasteiger partial charge in [-0.05, 0) is 136 Å². The number of para-hydroxylation sites is 2. The lowest BCUT2D eigenvalue weighted by molar-refractivity contribution is 1.17. The molecular weight excluding hydrogens is 1060 g/mol. The van der Waals surface area contributed by atoms with E-state index in [0.717, 1.165) is 140 Å². The number of nitrogens with zero attached hydrogens (tertiary/aromatic N) is 6. The zero-order valence-corrected chi connectivity index (χ0v) is 47.3. The second-order valence-electron chi connectivity index (χ2n) is 22.5. The van der Waals surface area contributed by atoms with E-state index in [-0.39, 0.29) is 0 Å². The maximum absolute atomic E-state index is 5.36. The van der Waals surface area contributed by atoms with Gasteiger partial charge in [-0.2, -0.15) is 0 Å². The van der Waals surface area contributed by atoms with Crippen molar-refractivity contribution < 1.29 is 0 Å². The summed E-state index contributed by atoms with van der Waals surface area (Å²) in [5.41, 5.74) is 26.1. The highest BCUT2D eigenvalue weighted by Gasteiger charge is 2.25. The van der Waals surface area contributed by atoms with Gasteiger partial charge >= 0.3 is 0 Å². The van der Waals surface area contributed by atoms with Crippen LogP contribution in [0.25, 0.3) is 156 Å². The van der Waals surface area contributed by atoms with Gasteiger partial charge in [0.05, 0.1) is 44.8 Å². The molecule has 1 aliphatic rings. The highest BCUT2D eigenvalue weighted by Crippen LogP contribution is 2.46. The molecule has 0 unspecified atom stereocenters. The van der Waals surface area contributed by atoms with Crippen LogP contribution in [0.5, 0.6) is 0 Å².